The van der Waals surface area contributed by atoms with E-state index in [0.29, 0.717) is 17.2 Å². The highest BCUT2D eigenvalue weighted by Gasteiger charge is 2.20. The number of ether oxygens (including phenoxy) is 2. The van der Waals surface area contributed by atoms with E-state index in [1.165, 1.54) is 38.0 Å². The SMILES string of the molecule is COc1ccc(S(=O)(=O)Oc2ccc3c(c2)CCC3)cc1OC. The minimum Gasteiger partial charge on any atom is -0.493 e. The molecule has 23 heavy (non-hydrogen) atoms. The maximum atomic E-state index is 12.5. The molecule has 0 saturated heterocycles. The molecule has 0 radical (unpaired) electrons. The van der Waals surface area contributed by atoms with E-state index in [4.69, 9.17) is 13.7 Å². The molecule has 1 aliphatic rings. The van der Waals surface area contributed by atoms with Gasteiger partial charge in [0, 0.05) is 6.07 Å². The Kier molecular flexibility index (Phi) is 4.17. The molecule has 0 heterocycles. The summed E-state index contributed by atoms with van der Waals surface area (Å²) in [5.74, 6) is 1.13. The summed E-state index contributed by atoms with van der Waals surface area (Å²) in [6.45, 7) is 0. The molecule has 0 bridgehead atoms. The first kappa shape index (κ1) is 15.7. The van der Waals surface area contributed by atoms with E-state index in [0.717, 1.165) is 24.8 Å². The standard InChI is InChI=1S/C17H18O5S/c1-20-16-9-8-15(11-17(16)21-2)23(18,19)22-14-7-6-12-4-3-5-13(12)10-14/h6-11H,3-5H2,1-2H3. The summed E-state index contributed by atoms with van der Waals surface area (Å²) in [4.78, 5) is 0.0237. The van der Waals surface area contributed by atoms with Gasteiger partial charge in [0.15, 0.2) is 11.5 Å². The Hall–Kier alpha value is -2.21. The second kappa shape index (κ2) is 6.12. The lowest BCUT2D eigenvalue weighted by Crippen LogP contribution is -2.10. The zero-order chi connectivity index (χ0) is 16.4. The molecule has 1 aliphatic carbocycles. The van der Waals surface area contributed by atoms with Crippen molar-refractivity contribution in [2.24, 2.45) is 0 Å². The zero-order valence-electron chi connectivity index (χ0n) is 13.0. The number of methoxy groups -OCH3 is 2. The van der Waals surface area contributed by atoms with Crippen LogP contribution < -0.4 is 13.7 Å². The summed E-state index contributed by atoms with van der Waals surface area (Å²) in [6, 6.07) is 9.80. The fourth-order valence-electron chi connectivity index (χ4n) is 2.75. The molecule has 0 amide bonds. The van der Waals surface area contributed by atoms with Crippen LogP contribution in [0, 0.1) is 0 Å². The van der Waals surface area contributed by atoms with Crippen molar-refractivity contribution in [2.75, 3.05) is 14.2 Å². The van der Waals surface area contributed by atoms with Crippen LogP contribution in [0.4, 0.5) is 0 Å². The Morgan fingerprint density at radius 1 is 0.870 bits per heavy atom. The van der Waals surface area contributed by atoms with Crippen LogP contribution in [-0.4, -0.2) is 22.6 Å². The van der Waals surface area contributed by atoms with Gasteiger partial charge in [-0.05, 0) is 54.7 Å². The lowest BCUT2D eigenvalue weighted by atomic mass is 10.1. The van der Waals surface area contributed by atoms with Crippen LogP contribution in [0.2, 0.25) is 0 Å². The molecule has 0 saturated carbocycles. The van der Waals surface area contributed by atoms with Crippen LogP contribution in [0.25, 0.3) is 0 Å². The summed E-state index contributed by atoms with van der Waals surface area (Å²) >= 11 is 0. The smallest absolute Gasteiger partial charge is 0.339 e. The molecule has 0 unspecified atom stereocenters. The van der Waals surface area contributed by atoms with E-state index in [2.05, 4.69) is 0 Å². The Morgan fingerprint density at radius 3 is 2.35 bits per heavy atom. The number of benzene rings is 2. The normalized spacial score (nSPS) is 13.5. The average Bonchev–Trinajstić information content (AvgIpc) is 3.01. The first-order valence-electron chi connectivity index (χ1n) is 7.32. The molecule has 0 fully saturated rings. The minimum atomic E-state index is -3.92. The molecule has 2 aromatic rings. The summed E-state index contributed by atoms with van der Waals surface area (Å²) < 4.78 is 40.4. The lowest BCUT2D eigenvalue weighted by molar-refractivity contribution is 0.353. The Balaban J connectivity index is 1.90. The van der Waals surface area contributed by atoms with Crippen molar-refractivity contribution in [2.45, 2.75) is 24.2 Å². The van der Waals surface area contributed by atoms with Crippen molar-refractivity contribution in [3.63, 3.8) is 0 Å². The monoisotopic (exact) mass is 334 g/mol. The van der Waals surface area contributed by atoms with Gasteiger partial charge in [-0.1, -0.05) is 6.07 Å². The first-order chi connectivity index (χ1) is 11.0. The summed E-state index contributed by atoms with van der Waals surface area (Å²) in [6.07, 6.45) is 3.10. The average molecular weight is 334 g/mol. The predicted molar refractivity (Wildman–Crippen MR) is 85.8 cm³/mol. The van der Waals surface area contributed by atoms with Crippen LogP contribution >= 0.6 is 0 Å². The number of hydrogen-bond acceptors (Lipinski definition) is 5. The Morgan fingerprint density at radius 2 is 1.61 bits per heavy atom. The van der Waals surface area contributed by atoms with Gasteiger partial charge < -0.3 is 13.7 Å². The van der Waals surface area contributed by atoms with E-state index in [9.17, 15) is 8.42 Å². The van der Waals surface area contributed by atoms with E-state index in [-0.39, 0.29) is 4.90 Å². The fraction of sp³-hybridized carbons (Fsp3) is 0.294. The molecule has 6 heteroatoms. The Bertz CT molecular complexity index is 827. The number of fused-ring (bicyclic) bond motifs is 1. The molecule has 122 valence electrons. The van der Waals surface area contributed by atoms with Gasteiger partial charge in [-0.25, -0.2) is 0 Å². The van der Waals surface area contributed by atoms with Crippen LogP contribution in [0.15, 0.2) is 41.3 Å². The molecule has 0 aromatic heterocycles. The fourth-order valence-corrected chi connectivity index (χ4v) is 3.69. The van der Waals surface area contributed by atoms with E-state index in [1.54, 1.807) is 12.1 Å². The van der Waals surface area contributed by atoms with Gasteiger partial charge in [0.05, 0.1) is 14.2 Å². The summed E-state index contributed by atoms with van der Waals surface area (Å²) in [7, 11) is -0.977. The van der Waals surface area contributed by atoms with E-state index in [1.807, 2.05) is 6.07 Å². The van der Waals surface area contributed by atoms with E-state index < -0.39 is 10.1 Å². The number of rotatable bonds is 5. The van der Waals surface area contributed by atoms with Crippen LogP contribution in [0.5, 0.6) is 17.2 Å². The van der Waals surface area contributed by atoms with Gasteiger partial charge in [0.1, 0.15) is 10.6 Å². The third-order valence-corrected chi connectivity index (χ3v) is 5.16. The lowest BCUT2D eigenvalue weighted by Gasteiger charge is -2.11. The van der Waals surface area contributed by atoms with Crippen molar-refractivity contribution < 1.29 is 22.1 Å². The second-order valence-corrected chi connectivity index (χ2v) is 6.88. The van der Waals surface area contributed by atoms with Gasteiger partial charge in [0.2, 0.25) is 0 Å². The molecular formula is C17H18O5S. The maximum Gasteiger partial charge on any atom is 0.339 e. The summed E-state index contributed by atoms with van der Waals surface area (Å²) in [5, 5.41) is 0. The topological polar surface area (TPSA) is 61.8 Å². The highest BCUT2D eigenvalue weighted by Crippen LogP contribution is 2.31. The highest BCUT2D eigenvalue weighted by atomic mass is 32.2. The minimum absolute atomic E-state index is 0.0237. The maximum absolute atomic E-state index is 12.5. The second-order valence-electron chi connectivity index (χ2n) is 5.34. The van der Waals surface area contributed by atoms with Gasteiger partial charge in [-0.15, -0.1) is 0 Å². The Labute approximate surface area is 135 Å². The van der Waals surface area contributed by atoms with Gasteiger partial charge in [0.25, 0.3) is 0 Å². The molecule has 0 N–H and O–H groups in total. The number of aryl methyl sites for hydroxylation is 2. The van der Waals surface area contributed by atoms with Gasteiger partial charge in [-0.2, -0.15) is 8.42 Å². The number of hydrogen-bond donors (Lipinski definition) is 0. The molecule has 3 rings (SSSR count). The molecule has 5 nitrogen and oxygen atoms in total. The first-order valence-corrected chi connectivity index (χ1v) is 8.72. The van der Waals surface area contributed by atoms with Crippen molar-refractivity contribution in [3.05, 3.63) is 47.5 Å². The van der Waals surface area contributed by atoms with Crippen molar-refractivity contribution in [1.82, 2.24) is 0 Å². The van der Waals surface area contributed by atoms with E-state index >= 15 is 0 Å². The highest BCUT2D eigenvalue weighted by molar-refractivity contribution is 7.87. The molecular weight excluding hydrogens is 316 g/mol. The van der Waals surface area contributed by atoms with Crippen molar-refractivity contribution in [3.8, 4) is 17.2 Å². The van der Waals surface area contributed by atoms with Gasteiger partial charge >= 0.3 is 10.1 Å². The quantitative estimate of drug-likeness (QED) is 0.787. The molecule has 0 spiro atoms. The van der Waals surface area contributed by atoms with Crippen LogP contribution in [-0.2, 0) is 23.0 Å². The molecule has 2 aromatic carbocycles. The van der Waals surface area contributed by atoms with Crippen LogP contribution in [0.3, 0.4) is 0 Å². The van der Waals surface area contributed by atoms with Crippen LogP contribution in [0.1, 0.15) is 17.5 Å². The van der Waals surface area contributed by atoms with Crippen molar-refractivity contribution in [1.29, 1.82) is 0 Å². The summed E-state index contributed by atoms with van der Waals surface area (Å²) in [5.41, 5.74) is 2.42. The zero-order valence-corrected chi connectivity index (χ0v) is 13.9. The largest absolute Gasteiger partial charge is 0.493 e. The third kappa shape index (κ3) is 3.12. The van der Waals surface area contributed by atoms with Crippen molar-refractivity contribution >= 4 is 10.1 Å². The molecule has 0 aliphatic heterocycles. The predicted octanol–water partition coefficient (Wildman–Crippen LogP) is 2.96. The third-order valence-electron chi connectivity index (χ3n) is 3.92. The van der Waals surface area contributed by atoms with Gasteiger partial charge in [-0.3, -0.25) is 0 Å². The molecule has 0 atom stereocenters.